The summed E-state index contributed by atoms with van der Waals surface area (Å²) in [6.45, 7) is 5.68. The summed E-state index contributed by atoms with van der Waals surface area (Å²) < 4.78 is 5.19. The Hall–Kier alpha value is -0.860. The summed E-state index contributed by atoms with van der Waals surface area (Å²) in [5.74, 6) is 0. The lowest BCUT2D eigenvalue weighted by atomic mass is 9.85. The minimum atomic E-state index is 0.0713. The molecule has 0 aromatic heterocycles. The Kier molecular flexibility index (Phi) is 3.67. The molecule has 2 heteroatoms. The molecule has 0 saturated carbocycles. The first-order valence-corrected chi connectivity index (χ1v) is 4.88. The van der Waals surface area contributed by atoms with E-state index in [4.69, 9.17) is 10.5 Å². The van der Waals surface area contributed by atoms with Gasteiger partial charge in [0.05, 0.1) is 6.61 Å². The molecule has 0 aliphatic heterocycles. The summed E-state index contributed by atoms with van der Waals surface area (Å²) in [4.78, 5) is 0. The van der Waals surface area contributed by atoms with Crippen LogP contribution in [0.3, 0.4) is 0 Å². The maximum Gasteiger partial charge on any atom is 0.0553 e. The molecule has 0 bridgehead atoms. The van der Waals surface area contributed by atoms with Gasteiger partial charge in [-0.15, -0.1) is 0 Å². The minimum Gasteiger partial charge on any atom is -0.384 e. The molecule has 0 saturated heterocycles. The summed E-state index contributed by atoms with van der Waals surface area (Å²) in [6.07, 6.45) is 0. The van der Waals surface area contributed by atoms with Crippen molar-refractivity contribution in [3.05, 3.63) is 35.4 Å². The zero-order valence-corrected chi connectivity index (χ0v) is 9.21. The Labute approximate surface area is 86.1 Å². The molecule has 14 heavy (non-hydrogen) atoms. The molecule has 0 unspecified atom stereocenters. The number of methoxy groups -OCH3 is 1. The average molecular weight is 193 g/mol. The monoisotopic (exact) mass is 193 g/mol. The van der Waals surface area contributed by atoms with Crippen LogP contribution < -0.4 is 5.73 Å². The van der Waals surface area contributed by atoms with Gasteiger partial charge < -0.3 is 10.5 Å². The maximum absolute atomic E-state index is 5.54. The Morgan fingerprint density at radius 3 is 2.21 bits per heavy atom. The van der Waals surface area contributed by atoms with Crippen LogP contribution in [-0.4, -0.2) is 13.7 Å². The van der Waals surface area contributed by atoms with E-state index in [1.807, 2.05) is 0 Å². The fraction of sp³-hybridized carbons (Fsp3) is 0.500. The molecule has 78 valence electrons. The van der Waals surface area contributed by atoms with Gasteiger partial charge in [0, 0.05) is 19.1 Å². The van der Waals surface area contributed by atoms with Gasteiger partial charge in [0.1, 0.15) is 0 Å². The molecule has 0 spiro atoms. The van der Waals surface area contributed by atoms with Crippen molar-refractivity contribution in [2.75, 3.05) is 13.7 Å². The molecule has 0 fully saturated rings. The van der Waals surface area contributed by atoms with Crippen molar-refractivity contribution < 1.29 is 4.74 Å². The molecule has 0 amide bonds. The molecule has 2 nitrogen and oxygen atoms in total. The van der Waals surface area contributed by atoms with Gasteiger partial charge >= 0.3 is 0 Å². The first-order chi connectivity index (χ1) is 6.60. The SMILES string of the molecule is COCC(C)(C)c1ccc(CN)cc1. The van der Waals surface area contributed by atoms with Crippen molar-refractivity contribution in [2.45, 2.75) is 25.8 Å². The molecule has 0 radical (unpaired) electrons. The van der Waals surface area contributed by atoms with E-state index in [-0.39, 0.29) is 5.41 Å². The number of hydrogen-bond acceptors (Lipinski definition) is 2. The third kappa shape index (κ3) is 2.56. The summed E-state index contributed by atoms with van der Waals surface area (Å²) in [5.41, 5.74) is 8.07. The van der Waals surface area contributed by atoms with Crippen LogP contribution in [0.15, 0.2) is 24.3 Å². The molecule has 1 aromatic carbocycles. The first kappa shape index (κ1) is 11.2. The Bertz CT molecular complexity index is 277. The molecule has 2 N–H and O–H groups in total. The highest BCUT2D eigenvalue weighted by atomic mass is 16.5. The summed E-state index contributed by atoms with van der Waals surface area (Å²) in [6, 6.07) is 8.40. The summed E-state index contributed by atoms with van der Waals surface area (Å²) >= 11 is 0. The van der Waals surface area contributed by atoms with Crippen molar-refractivity contribution in [1.29, 1.82) is 0 Å². The van der Waals surface area contributed by atoms with Crippen LogP contribution in [0, 0.1) is 0 Å². The number of benzene rings is 1. The first-order valence-electron chi connectivity index (χ1n) is 4.88. The third-order valence-electron chi connectivity index (χ3n) is 2.48. The van der Waals surface area contributed by atoms with Crippen molar-refractivity contribution in [2.24, 2.45) is 5.73 Å². The van der Waals surface area contributed by atoms with Crippen LogP contribution in [0.2, 0.25) is 0 Å². The van der Waals surface area contributed by atoms with Crippen molar-refractivity contribution >= 4 is 0 Å². The highest BCUT2D eigenvalue weighted by molar-refractivity contribution is 5.28. The second-order valence-corrected chi connectivity index (χ2v) is 4.22. The molecule has 0 aliphatic rings. The van der Waals surface area contributed by atoms with Crippen molar-refractivity contribution in [3.63, 3.8) is 0 Å². The summed E-state index contributed by atoms with van der Waals surface area (Å²) in [7, 11) is 1.73. The zero-order chi connectivity index (χ0) is 10.6. The standard InChI is InChI=1S/C12H19NO/c1-12(2,9-14-3)11-6-4-10(8-13)5-7-11/h4-7H,8-9,13H2,1-3H3. The number of rotatable bonds is 4. The smallest absolute Gasteiger partial charge is 0.0553 e. The summed E-state index contributed by atoms with van der Waals surface area (Å²) in [5, 5.41) is 0. The number of ether oxygens (including phenoxy) is 1. The highest BCUT2D eigenvalue weighted by Gasteiger charge is 2.19. The van der Waals surface area contributed by atoms with E-state index in [2.05, 4.69) is 38.1 Å². The molecule has 1 rings (SSSR count). The molecule has 1 aromatic rings. The van der Waals surface area contributed by atoms with Crippen LogP contribution in [0.5, 0.6) is 0 Å². The lowest BCUT2D eigenvalue weighted by Gasteiger charge is -2.24. The van der Waals surface area contributed by atoms with Crippen LogP contribution in [0.4, 0.5) is 0 Å². The van der Waals surface area contributed by atoms with Crippen LogP contribution in [-0.2, 0) is 16.7 Å². The van der Waals surface area contributed by atoms with E-state index in [1.54, 1.807) is 7.11 Å². The Balaban J connectivity index is 2.85. The predicted molar refractivity (Wildman–Crippen MR) is 59.2 cm³/mol. The van der Waals surface area contributed by atoms with Gasteiger partial charge in [-0.1, -0.05) is 38.1 Å². The van der Waals surface area contributed by atoms with E-state index in [0.717, 1.165) is 6.61 Å². The fourth-order valence-electron chi connectivity index (χ4n) is 1.54. The Morgan fingerprint density at radius 1 is 1.21 bits per heavy atom. The van der Waals surface area contributed by atoms with Crippen LogP contribution in [0.25, 0.3) is 0 Å². The third-order valence-corrected chi connectivity index (χ3v) is 2.48. The van der Waals surface area contributed by atoms with Gasteiger partial charge in [0.25, 0.3) is 0 Å². The van der Waals surface area contributed by atoms with Gasteiger partial charge in [-0.05, 0) is 11.1 Å². The van der Waals surface area contributed by atoms with Gasteiger partial charge in [-0.3, -0.25) is 0 Å². The zero-order valence-electron chi connectivity index (χ0n) is 9.21. The minimum absolute atomic E-state index is 0.0713. The lowest BCUT2D eigenvalue weighted by Crippen LogP contribution is -2.23. The second-order valence-electron chi connectivity index (χ2n) is 4.22. The van der Waals surface area contributed by atoms with Crippen molar-refractivity contribution in [1.82, 2.24) is 0 Å². The largest absolute Gasteiger partial charge is 0.384 e. The van der Waals surface area contributed by atoms with E-state index < -0.39 is 0 Å². The van der Waals surface area contributed by atoms with Gasteiger partial charge in [-0.25, -0.2) is 0 Å². The topological polar surface area (TPSA) is 35.2 Å². The van der Waals surface area contributed by atoms with E-state index in [1.165, 1.54) is 11.1 Å². The van der Waals surface area contributed by atoms with Crippen molar-refractivity contribution in [3.8, 4) is 0 Å². The Morgan fingerprint density at radius 2 is 1.79 bits per heavy atom. The lowest BCUT2D eigenvalue weighted by molar-refractivity contribution is 0.146. The molecule has 0 heterocycles. The van der Waals surface area contributed by atoms with Crippen LogP contribution >= 0.6 is 0 Å². The number of hydrogen-bond donors (Lipinski definition) is 1. The van der Waals surface area contributed by atoms with Gasteiger partial charge in [0.15, 0.2) is 0 Å². The molecular formula is C12H19NO. The van der Waals surface area contributed by atoms with Crippen LogP contribution in [0.1, 0.15) is 25.0 Å². The van der Waals surface area contributed by atoms with Gasteiger partial charge in [-0.2, -0.15) is 0 Å². The van der Waals surface area contributed by atoms with Gasteiger partial charge in [0.2, 0.25) is 0 Å². The number of nitrogens with two attached hydrogens (primary N) is 1. The van der Waals surface area contributed by atoms with E-state index in [9.17, 15) is 0 Å². The quantitative estimate of drug-likeness (QED) is 0.794. The van der Waals surface area contributed by atoms with E-state index in [0.29, 0.717) is 6.54 Å². The molecule has 0 aliphatic carbocycles. The average Bonchev–Trinajstić information content (AvgIpc) is 2.18. The molecule has 0 atom stereocenters. The second kappa shape index (κ2) is 4.58. The predicted octanol–water partition coefficient (Wildman–Crippen LogP) is 2.07. The molecular weight excluding hydrogens is 174 g/mol. The highest BCUT2D eigenvalue weighted by Crippen LogP contribution is 2.23. The fourth-order valence-corrected chi connectivity index (χ4v) is 1.54. The van der Waals surface area contributed by atoms with E-state index >= 15 is 0 Å². The normalized spacial score (nSPS) is 11.7. The maximum atomic E-state index is 5.54.